The van der Waals surface area contributed by atoms with Crippen LogP contribution in [0.2, 0.25) is 0 Å². The molecule has 4 rings (SSSR count). The Kier molecular flexibility index (Phi) is 8.04. The van der Waals surface area contributed by atoms with Crippen LogP contribution in [0.3, 0.4) is 0 Å². The van der Waals surface area contributed by atoms with Crippen LogP contribution < -0.4 is 10.6 Å². The Balaban J connectivity index is 1.38. The van der Waals surface area contributed by atoms with Crippen molar-refractivity contribution >= 4 is 45.9 Å². The van der Waals surface area contributed by atoms with E-state index in [1.807, 2.05) is 0 Å². The molecule has 0 radical (unpaired) electrons. The largest absolute Gasteiger partial charge is 0.462 e. The second-order valence-corrected chi connectivity index (χ2v) is 10.6. The molecule has 0 fully saturated rings. The van der Waals surface area contributed by atoms with Crippen molar-refractivity contribution in [3.05, 3.63) is 57.5 Å². The van der Waals surface area contributed by atoms with Gasteiger partial charge in [0.15, 0.2) is 11.0 Å². The van der Waals surface area contributed by atoms with Gasteiger partial charge in [-0.15, -0.1) is 21.5 Å². The average molecular weight is 532 g/mol. The minimum Gasteiger partial charge on any atom is -0.462 e. The first-order valence-corrected chi connectivity index (χ1v) is 13.2. The molecule has 1 aliphatic carbocycles. The van der Waals surface area contributed by atoms with Crippen LogP contribution in [0.4, 0.5) is 9.39 Å². The van der Waals surface area contributed by atoms with Crippen molar-refractivity contribution in [1.82, 2.24) is 20.1 Å². The predicted molar refractivity (Wildman–Crippen MR) is 135 cm³/mol. The van der Waals surface area contributed by atoms with E-state index in [0.717, 1.165) is 35.8 Å². The standard InChI is InChI=1S/C24H26FN5O4S2/c1-4-34-23(33)19-16-9-6-10-17(16)36-22(19)27-20(31)13(2)35-24-29-28-18(30(24)3)12-26-21(32)14-7-5-8-15(25)11-14/h5,7-8,11,13H,4,6,9-10,12H2,1-3H3,(H,26,32)(H,27,31)/t13-/m0/s1. The molecule has 12 heteroatoms. The third-order valence-electron chi connectivity index (χ3n) is 5.71. The van der Waals surface area contributed by atoms with Gasteiger partial charge in [0, 0.05) is 17.5 Å². The van der Waals surface area contributed by atoms with Gasteiger partial charge in [0.25, 0.3) is 5.91 Å². The van der Waals surface area contributed by atoms with E-state index in [1.165, 1.54) is 41.3 Å². The summed E-state index contributed by atoms with van der Waals surface area (Å²) in [5.74, 6) is -1.12. The number of hydrogen-bond acceptors (Lipinski definition) is 8. The molecular formula is C24H26FN5O4S2. The van der Waals surface area contributed by atoms with Crippen molar-refractivity contribution in [2.24, 2.45) is 7.05 Å². The lowest BCUT2D eigenvalue weighted by atomic mass is 10.1. The number of fused-ring (bicyclic) bond motifs is 1. The van der Waals surface area contributed by atoms with E-state index in [9.17, 15) is 18.8 Å². The second kappa shape index (κ2) is 11.2. The number of benzene rings is 1. The van der Waals surface area contributed by atoms with Crippen LogP contribution in [0.25, 0.3) is 0 Å². The lowest BCUT2D eigenvalue weighted by Crippen LogP contribution is -2.25. The number of rotatable bonds is 9. The Bertz CT molecular complexity index is 1310. The van der Waals surface area contributed by atoms with Crippen LogP contribution in [0, 0.1) is 5.82 Å². The van der Waals surface area contributed by atoms with Crippen LogP contribution in [-0.4, -0.2) is 44.4 Å². The minimum atomic E-state index is -0.533. The highest BCUT2D eigenvalue weighted by atomic mass is 32.2. The number of ether oxygens (including phenoxy) is 1. The third kappa shape index (κ3) is 5.59. The number of thioether (sulfide) groups is 1. The summed E-state index contributed by atoms with van der Waals surface area (Å²) in [6.07, 6.45) is 2.69. The van der Waals surface area contributed by atoms with E-state index in [-0.39, 0.29) is 24.6 Å². The molecule has 0 unspecified atom stereocenters. The zero-order valence-electron chi connectivity index (χ0n) is 20.1. The van der Waals surface area contributed by atoms with Crippen LogP contribution in [-0.2, 0) is 36.0 Å². The summed E-state index contributed by atoms with van der Waals surface area (Å²) in [7, 11) is 1.74. The number of halogens is 1. The molecule has 9 nitrogen and oxygen atoms in total. The van der Waals surface area contributed by atoms with Crippen LogP contribution in [0.5, 0.6) is 0 Å². The van der Waals surface area contributed by atoms with Gasteiger partial charge in [-0.3, -0.25) is 9.59 Å². The molecule has 1 atom stereocenters. The van der Waals surface area contributed by atoms with E-state index < -0.39 is 22.9 Å². The SMILES string of the molecule is CCOC(=O)c1c(NC(=O)[C@H](C)Sc2nnc(CNC(=O)c3cccc(F)c3)n2C)sc2c1CCC2. The summed E-state index contributed by atoms with van der Waals surface area (Å²) in [4.78, 5) is 38.9. The summed E-state index contributed by atoms with van der Waals surface area (Å²) < 4.78 is 20.3. The Morgan fingerprint density at radius 3 is 2.83 bits per heavy atom. The van der Waals surface area contributed by atoms with Crippen molar-refractivity contribution in [3.8, 4) is 0 Å². The number of hydrogen-bond donors (Lipinski definition) is 2. The number of thiophene rings is 1. The summed E-state index contributed by atoms with van der Waals surface area (Å²) in [5.41, 5.74) is 1.65. The zero-order chi connectivity index (χ0) is 25.8. The van der Waals surface area contributed by atoms with Gasteiger partial charge in [0.05, 0.1) is 24.0 Å². The molecule has 1 aliphatic rings. The van der Waals surface area contributed by atoms with E-state index in [2.05, 4.69) is 20.8 Å². The number of aromatic nitrogens is 3. The monoisotopic (exact) mass is 531 g/mol. The topological polar surface area (TPSA) is 115 Å². The predicted octanol–water partition coefficient (Wildman–Crippen LogP) is 3.73. The summed E-state index contributed by atoms with van der Waals surface area (Å²) in [6, 6.07) is 5.41. The number of nitrogens with zero attached hydrogens (tertiary/aromatic N) is 3. The maximum atomic E-state index is 13.4. The Morgan fingerprint density at radius 1 is 1.28 bits per heavy atom. The minimum absolute atomic E-state index is 0.0869. The molecule has 0 saturated carbocycles. The molecular weight excluding hydrogens is 505 g/mol. The van der Waals surface area contributed by atoms with Crippen molar-refractivity contribution in [2.45, 2.75) is 50.1 Å². The Hall–Kier alpha value is -3.25. The first kappa shape index (κ1) is 25.8. The van der Waals surface area contributed by atoms with Crippen molar-refractivity contribution < 1.29 is 23.5 Å². The summed E-state index contributed by atoms with van der Waals surface area (Å²) >= 11 is 2.64. The number of carbonyl (C=O) groups is 3. The maximum absolute atomic E-state index is 13.4. The van der Waals surface area contributed by atoms with Gasteiger partial charge in [0.2, 0.25) is 5.91 Å². The fraction of sp³-hybridized carbons (Fsp3) is 0.375. The molecule has 0 aliphatic heterocycles. The van der Waals surface area contributed by atoms with Gasteiger partial charge >= 0.3 is 5.97 Å². The van der Waals surface area contributed by atoms with Crippen LogP contribution in [0.15, 0.2) is 29.4 Å². The van der Waals surface area contributed by atoms with Crippen LogP contribution in [0.1, 0.15) is 57.2 Å². The fourth-order valence-corrected chi connectivity index (χ4v) is 5.94. The quantitative estimate of drug-likeness (QED) is 0.319. The molecule has 2 N–H and O–H groups in total. The number of esters is 1. The maximum Gasteiger partial charge on any atom is 0.341 e. The van der Waals surface area contributed by atoms with Gasteiger partial charge in [-0.2, -0.15) is 0 Å². The number of anilines is 1. The summed E-state index contributed by atoms with van der Waals surface area (Å²) in [6.45, 7) is 3.85. The lowest BCUT2D eigenvalue weighted by Gasteiger charge is -2.12. The molecule has 2 heterocycles. The Labute approximate surface area is 215 Å². The van der Waals surface area contributed by atoms with Gasteiger partial charge in [-0.25, -0.2) is 9.18 Å². The summed E-state index contributed by atoms with van der Waals surface area (Å²) in [5, 5.41) is 14.3. The molecule has 0 spiro atoms. The average Bonchev–Trinajstić information content (AvgIpc) is 3.53. The third-order valence-corrected chi connectivity index (χ3v) is 8.05. The Morgan fingerprint density at radius 2 is 2.08 bits per heavy atom. The fourth-order valence-electron chi connectivity index (χ4n) is 3.83. The van der Waals surface area contributed by atoms with Crippen LogP contribution >= 0.6 is 23.1 Å². The van der Waals surface area contributed by atoms with Gasteiger partial charge in [-0.1, -0.05) is 17.8 Å². The number of amides is 2. The molecule has 190 valence electrons. The number of aryl methyl sites for hydroxylation is 1. The zero-order valence-corrected chi connectivity index (χ0v) is 21.7. The van der Waals surface area contributed by atoms with E-state index >= 15 is 0 Å². The molecule has 3 aromatic rings. The highest BCUT2D eigenvalue weighted by molar-refractivity contribution is 8.00. The highest BCUT2D eigenvalue weighted by Crippen LogP contribution is 2.40. The van der Waals surface area contributed by atoms with Crippen molar-refractivity contribution in [3.63, 3.8) is 0 Å². The van der Waals surface area contributed by atoms with E-state index in [0.29, 0.717) is 21.5 Å². The lowest BCUT2D eigenvalue weighted by molar-refractivity contribution is -0.115. The molecule has 36 heavy (non-hydrogen) atoms. The van der Waals surface area contributed by atoms with Gasteiger partial charge < -0.3 is 19.9 Å². The normalized spacial score (nSPS) is 13.2. The number of carbonyl (C=O) groups excluding carboxylic acids is 3. The van der Waals surface area contributed by atoms with E-state index in [4.69, 9.17) is 4.74 Å². The molecule has 2 aromatic heterocycles. The molecule has 1 aromatic carbocycles. The molecule has 2 amide bonds. The first-order chi connectivity index (χ1) is 17.3. The van der Waals surface area contributed by atoms with Gasteiger partial charge in [0.1, 0.15) is 10.8 Å². The second-order valence-electron chi connectivity index (χ2n) is 8.18. The van der Waals surface area contributed by atoms with Crippen molar-refractivity contribution in [2.75, 3.05) is 11.9 Å². The number of nitrogens with one attached hydrogen (secondary N) is 2. The van der Waals surface area contributed by atoms with Gasteiger partial charge in [-0.05, 0) is 56.9 Å². The smallest absolute Gasteiger partial charge is 0.341 e. The molecule has 0 saturated heterocycles. The first-order valence-electron chi connectivity index (χ1n) is 11.5. The van der Waals surface area contributed by atoms with E-state index in [1.54, 1.807) is 25.5 Å². The molecule has 0 bridgehead atoms. The highest BCUT2D eigenvalue weighted by Gasteiger charge is 2.29. The van der Waals surface area contributed by atoms with Crippen molar-refractivity contribution in [1.29, 1.82) is 0 Å².